The van der Waals surface area contributed by atoms with E-state index in [4.69, 9.17) is 9.47 Å². The topological polar surface area (TPSA) is 114 Å². The van der Waals surface area contributed by atoms with E-state index in [-0.39, 0.29) is 31.4 Å². The second kappa shape index (κ2) is 19.4. The van der Waals surface area contributed by atoms with Crippen LogP contribution < -0.4 is 10.6 Å². The molecule has 0 aliphatic rings. The number of aryl methyl sites for hydroxylation is 1. The van der Waals surface area contributed by atoms with Gasteiger partial charge in [-0.3, -0.25) is 14.4 Å². The molecule has 0 fully saturated rings. The molecule has 232 valence electrons. The fourth-order valence-electron chi connectivity index (χ4n) is 4.24. The van der Waals surface area contributed by atoms with E-state index in [0.717, 1.165) is 31.2 Å². The third-order valence-electron chi connectivity index (χ3n) is 6.33. The first-order valence-electron chi connectivity index (χ1n) is 14.8. The number of unbranched alkanes of at least 4 members (excludes halogenated alkanes) is 3. The van der Waals surface area contributed by atoms with Crippen LogP contribution in [0.1, 0.15) is 97.2 Å². The highest BCUT2D eigenvalue weighted by atomic mass is 32.2. The van der Waals surface area contributed by atoms with Crippen LogP contribution in [0.2, 0.25) is 0 Å². The molecule has 0 heterocycles. The van der Waals surface area contributed by atoms with Gasteiger partial charge in [-0.2, -0.15) is 11.8 Å². The van der Waals surface area contributed by atoms with E-state index in [1.54, 1.807) is 44.4 Å². The van der Waals surface area contributed by atoms with Gasteiger partial charge in [0.15, 0.2) is 0 Å². The van der Waals surface area contributed by atoms with Crippen LogP contribution in [0.4, 0.5) is 4.79 Å². The number of carbonyl (C=O) groups excluding carboxylic acids is 4. The van der Waals surface area contributed by atoms with Crippen molar-refractivity contribution in [2.75, 3.05) is 31.7 Å². The largest absolute Gasteiger partial charge is 0.466 e. The van der Waals surface area contributed by atoms with Crippen molar-refractivity contribution < 1.29 is 28.7 Å². The molecule has 41 heavy (non-hydrogen) atoms. The third-order valence-corrected chi connectivity index (χ3v) is 6.98. The minimum atomic E-state index is -0.936. The summed E-state index contributed by atoms with van der Waals surface area (Å²) in [6.45, 7) is 11.9. The first-order chi connectivity index (χ1) is 19.5. The molecule has 0 saturated heterocycles. The van der Waals surface area contributed by atoms with Gasteiger partial charge in [0, 0.05) is 13.1 Å². The lowest BCUT2D eigenvalue weighted by Gasteiger charge is -2.34. The Morgan fingerprint density at radius 3 is 2.24 bits per heavy atom. The van der Waals surface area contributed by atoms with Gasteiger partial charge in [0.05, 0.1) is 13.0 Å². The van der Waals surface area contributed by atoms with Crippen molar-refractivity contribution >= 4 is 35.6 Å². The Kier molecular flexibility index (Phi) is 17.2. The average Bonchev–Trinajstić information content (AvgIpc) is 2.91. The van der Waals surface area contributed by atoms with Crippen LogP contribution in [0.3, 0.4) is 0 Å². The Hall–Kier alpha value is -2.75. The number of hydrogen-bond acceptors (Lipinski definition) is 7. The number of alkyl carbamates (subject to hydrolysis) is 1. The van der Waals surface area contributed by atoms with Crippen LogP contribution >= 0.6 is 11.8 Å². The summed E-state index contributed by atoms with van der Waals surface area (Å²) < 4.78 is 10.4. The van der Waals surface area contributed by atoms with Gasteiger partial charge in [0.25, 0.3) is 0 Å². The molecular weight excluding hydrogens is 542 g/mol. The first kappa shape index (κ1) is 36.3. The molecule has 9 nitrogen and oxygen atoms in total. The number of hydrogen-bond donors (Lipinski definition) is 2. The number of ether oxygens (including phenoxy) is 2. The maximum absolute atomic E-state index is 14.2. The van der Waals surface area contributed by atoms with Crippen molar-refractivity contribution in [2.24, 2.45) is 0 Å². The highest BCUT2D eigenvalue weighted by molar-refractivity contribution is 7.98. The highest BCUT2D eigenvalue weighted by Gasteiger charge is 2.36. The zero-order valence-electron chi connectivity index (χ0n) is 26.0. The van der Waals surface area contributed by atoms with Crippen molar-refractivity contribution in [3.05, 3.63) is 35.4 Å². The molecule has 0 bridgehead atoms. The quantitative estimate of drug-likeness (QED) is 0.173. The Morgan fingerprint density at radius 1 is 1.00 bits per heavy atom. The van der Waals surface area contributed by atoms with E-state index in [9.17, 15) is 19.2 Å². The number of carbonyl (C=O) groups is 4. The summed E-state index contributed by atoms with van der Waals surface area (Å²) >= 11 is 1.57. The van der Waals surface area contributed by atoms with Gasteiger partial charge in [-0.05, 0) is 70.1 Å². The molecule has 0 aromatic heterocycles. The summed E-state index contributed by atoms with van der Waals surface area (Å²) in [6, 6.07) is 5.86. The fourth-order valence-corrected chi connectivity index (χ4v) is 4.72. The summed E-state index contributed by atoms with van der Waals surface area (Å²) in [7, 11) is 0. The molecule has 3 amide bonds. The maximum atomic E-state index is 14.2. The van der Waals surface area contributed by atoms with Crippen molar-refractivity contribution in [1.82, 2.24) is 15.5 Å². The van der Waals surface area contributed by atoms with E-state index in [1.807, 2.05) is 30.5 Å². The number of rotatable bonds is 18. The van der Waals surface area contributed by atoms with Crippen LogP contribution in [-0.4, -0.2) is 72.1 Å². The molecule has 0 radical (unpaired) electrons. The van der Waals surface area contributed by atoms with Gasteiger partial charge < -0.3 is 25.0 Å². The van der Waals surface area contributed by atoms with Crippen LogP contribution in [0.15, 0.2) is 24.3 Å². The number of benzene rings is 1. The minimum Gasteiger partial charge on any atom is -0.466 e. The van der Waals surface area contributed by atoms with Gasteiger partial charge in [-0.1, -0.05) is 57.4 Å². The zero-order valence-corrected chi connectivity index (χ0v) is 26.9. The molecular formula is C31H51N3O6S. The van der Waals surface area contributed by atoms with Crippen LogP contribution in [0, 0.1) is 0 Å². The second-order valence-corrected chi connectivity index (χ2v) is 11.9. The summed E-state index contributed by atoms with van der Waals surface area (Å²) in [5.41, 5.74) is 1.06. The molecule has 0 spiro atoms. The van der Waals surface area contributed by atoms with Crippen molar-refractivity contribution in [1.29, 1.82) is 0 Å². The van der Waals surface area contributed by atoms with Gasteiger partial charge >= 0.3 is 12.1 Å². The Bertz CT molecular complexity index is 948. The van der Waals surface area contributed by atoms with Crippen LogP contribution in [0.25, 0.3) is 0 Å². The molecule has 10 heteroatoms. The molecule has 2 unspecified atom stereocenters. The lowest BCUT2D eigenvalue weighted by molar-refractivity contribution is -0.144. The van der Waals surface area contributed by atoms with Gasteiger partial charge in [0.2, 0.25) is 11.8 Å². The van der Waals surface area contributed by atoms with Crippen molar-refractivity contribution in [3.8, 4) is 0 Å². The minimum absolute atomic E-state index is 0.0298. The van der Waals surface area contributed by atoms with E-state index >= 15 is 0 Å². The molecule has 1 aromatic carbocycles. The number of esters is 1. The van der Waals surface area contributed by atoms with Gasteiger partial charge in [0.1, 0.15) is 17.7 Å². The lowest BCUT2D eigenvalue weighted by atomic mass is 9.99. The van der Waals surface area contributed by atoms with E-state index in [2.05, 4.69) is 24.5 Å². The van der Waals surface area contributed by atoms with Gasteiger partial charge in [-0.15, -0.1) is 0 Å². The van der Waals surface area contributed by atoms with Crippen LogP contribution in [0.5, 0.6) is 0 Å². The highest BCUT2D eigenvalue weighted by Crippen LogP contribution is 2.25. The third kappa shape index (κ3) is 14.1. The summed E-state index contributed by atoms with van der Waals surface area (Å²) in [4.78, 5) is 54.1. The predicted octanol–water partition coefficient (Wildman–Crippen LogP) is 5.41. The van der Waals surface area contributed by atoms with E-state index in [1.165, 1.54) is 0 Å². The van der Waals surface area contributed by atoms with Crippen LogP contribution in [-0.2, 0) is 30.3 Å². The second-order valence-electron chi connectivity index (χ2n) is 10.9. The Balaban J connectivity index is 3.43. The summed E-state index contributed by atoms with van der Waals surface area (Å²) in [5.74, 6) is -0.491. The molecule has 0 aliphatic carbocycles. The number of nitrogens with zero attached hydrogens (tertiary/aromatic N) is 1. The average molecular weight is 594 g/mol. The van der Waals surface area contributed by atoms with Gasteiger partial charge in [-0.25, -0.2) is 4.79 Å². The number of thioether (sulfide) groups is 1. The summed E-state index contributed by atoms with van der Waals surface area (Å²) in [5, 5.41) is 5.61. The molecule has 1 rings (SSSR count). The van der Waals surface area contributed by atoms with Crippen molar-refractivity contribution in [2.45, 2.75) is 104 Å². The molecule has 1 aromatic rings. The van der Waals surface area contributed by atoms with E-state index < -0.39 is 29.7 Å². The molecule has 0 aliphatic heterocycles. The predicted molar refractivity (Wildman–Crippen MR) is 165 cm³/mol. The monoisotopic (exact) mass is 593 g/mol. The SMILES string of the molecule is CCCCCCN(C(=O)C(CCSC)NC(=O)OC(C)(C)C)C(C(=O)NCCC(=O)OCC)c1ccc(CC)cc1. The molecule has 2 atom stereocenters. The zero-order chi connectivity index (χ0) is 30.8. The van der Waals surface area contributed by atoms with E-state index in [0.29, 0.717) is 30.7 Å². The standard InChI is InChI=1S/C31H51N3O6S/c1-8-11-12-13-21-34(29(37)25(19-22-41-7)33-30(38)40-31(4,5)6)27(24-16-14-23(9-2)15-17-24)28(36)32-20-18-26(35)39-10-3/h14-17,25,27H,8-13,18-22H2,1-7H3,(H,32,36)(H,33,38). The first-order valence-corrected chi connectivity index (χ1v) is 16.2. The number of nitrogens with one attached hydrogen (secondary N) is 2. The summed E-state index contributed by atoms with van der Waals surface area (Å²) in [6.07, 6.45) is 6.17. The smallest absolute Gasteiger partial charge is 0.408 e. The maximum Gasteiger partial charge on any atom is 0.408 e. The Labute approximate surface area is 250 Å². The molecule has 0 saturated carbocycles. The molecule has 2 N–H and O–H groups in total. The lowest BCUT2D eigenvalue weighted by Crippen LogP contribution is -2.53. The normalized spacial score (nSPS) is 12.7. The fraction of sp³-hybridized carbons (Fsp3) is 0.677. The Morgan fingerprint density at radius 2 is 1.68 bits per heavy atom. The van der Waals surface area contributed by atoms with Crippen molar-refractivity contribution in [3.63, 3.8) is 0 Å². The number of amides is 3.